The minimum atomic E-state index is 0.103. The Kier molecular flexibility index (Phi) is 3.60. The fourth-order valence-electron chi connectivity index (χ4n) is 2.10. The summed E-state index contributed by atoms with van der Waals surface area (Å²) >= 11 is 0. The molecule has 3 rings (SSSR count). The van der Waals surface area contributed by atoms with Crippen molar-refractivity contribution < 1.29 is 4.79 Å². The van der Waals surface area contributed by atoms with Gasteiger partial charge in [-0.15, -0.1) is 0 Å². The second kappa shape index (κ2) is 5.56. The van der Waals surface area contributed by atoms with Gasteiger partial charge in [0.1, 0.15) is 5.82 Å². The van der Waals surface area contributed by atoms with Gasteiger partial charge in [-0.25, -0.2) is 4.98 Å². The lowest BCUT2D eigenvalue weighted by Crippen LogP contribution is -2.13. The first-order chi connectivity index (χ1) is 10.1. The lowest BCUT2D eigenvalue weighted by Gasteiger charge is -2.09. The van der Waals surface area contributed by atoms with Gasteiger partial charge < -0.3 is 10.6 Å². The summed E-state index contributed by atoms with van der Waals surface area (Å²) < 4.78 is 0. The van der Waals surface area contributed by atoms with Gasteiger partial charge in [-0.2, -0.15) is 0 Å². The monoisotopic (exact) mass is 281 g/mol. The number of carbonyl (C=O) groups excluding carboxylic acids is 1. The van der Waals surface area contributed by atoms with Crippen LogP contribution in [0.4, 0.5) is 17.2 Å². The Morgan fingerprint density at radius 3 is 2.48 bits per heavy atom. The number of rotatable bonds is 4. The van der Waals surface area contributed by atoms with Crippen LogP contribution >= 0.6 is 0 Å². The normalized spacial score (nSPS) is 13.8. The number of nitrogens with one attached hydrogen (secondary N) is 2. The van der Waals surface area contributed by atoms with Gasteiger partial charge >= 0.3 is 0 Å². The molecular formula is C17H19N3O. The summed E-state index contributed by atoms with van der Waals surface area (Å²) in [4.78, 5) is 16.0. The average molecular weight is 281 g/mol. The van der Waals surface area contributed by atoms with E-state index in [-0.39, 0.29) is 11.8 Å². The van der Waals surface area contributed by atoms with Crippen LogP contribution < -0.4 is 10.6 Å². The van der Waals surface area contributed by atoms with Gasteiger partial charge in [-0.3, -0.25) is 4.79 Å². The molecule has 0 radical (unpaired) electrons. The van der Waals surface area contributed by atoms with Crippen LogP contribution in [0.5, 0.6) is 0 Å². The van der Waals surface area contributed by atoms with Crippen molar-refractivity contribution >= 4 is 23.1 Å². The molecule has 1 aromatic carbocycles. The van der Waals surface area contributed by atoms with Gasteiger partial charge in [0.2, 0.25) is 5.91 Å². The molecule has 4 nitrogen and oxygen atoms in total. The zero-order valence-corrected chi connectivity index (χ0v) is 12.3. The molecule has 1 fully saturated rings. The fourth-order valence-corrected chi connectivity index (χ4v) is 2.10. The lowest BCUT2D eigenvalue weighted by molar-refractivity contribution is -0.117. The van der Waals surface area contributed by atoms with E-state index in [1.54, 1.807) is 6.20 Å². The van der Waals surface area contributed by atoms with Crippen LogP contribution in [-0.4, -0.2) is 10.9 Å². The van der Waals surface area contributed by atoms with E-state index in [9.17, 15) is 4.79 Å². The van der Waals surface area contributed by atoms with Crippen molar-refractivity contribution in [2.75, 3.05) is 10.6 Å². The Hall–Kier alpha value is -2.36. The van der Waals surface area contributed by atoms with Crippen LogP contribution in [-0.2, 0) is 4.79 Å². The van der Waals surface area contributed by atoms with Crippen molar-refractivity contribution in [3.63, 3.8) is 0 Å². The zero-order valence-electron chi connectivity index (χ0n) is 12.3. The Balaban J connectivity index is 1.65. The standard InChI is InChI=1S/C17H19N3O/c1-11-3-6-14(9-12(11)2)19-16-8-7-15(10-18-16)20-17(21)13-4-5-13/h3,6-10,13H,4-5H2,1-2H3,(H,18,19)(H,20,21). The predicted octanol–water partition coefficient (Wildman–Crippen LogP) is 3.79. The zero-order chi connectivity index (χ0) is 14.8. The first-order valence-corrected chi connectivity index (χ1v) is 7.23. The number of amides is 1. The van der Waals surface area contributed by atoms with E-state index in [2.05, 4.69) is 41.6 Å². The molecule has 1 aliphatic carbocycles. The predicted molar refractivity (Wildman–Crippen MR) is 84.8 cm³/mol. The molecule has 0 unspecified atom stereocenters. The third-order valence-electron chi connectivity index (χ3n) is 3.76. The second-order valence-corrected chi connectivity index (χ2v) is 5.62. The molecular weight excluding hydrogens is 262 g/mol. The maximum Gasteiger partial charge on any atom is 0.227 e. The minimum absolute atomic E-state index is 0.103. The highest BCUT2D eigenvalue weighted by atomic mass is 16.2. The maximum absolute atomic E-state index is 11.7. The highest BCUT2D eigenvalue weighted by Crippen LogP contribution is 2.30. The molecule has 1 aliphatic rings. The van der Waals surface area contributed by atoms with E-state index >= 15 is 0 Å². The van der Waals surface area contributed by atoms with Crippen LogP contribution in [0, 0.1) is 19.8 Å². The van der Waals surface area contributed by atoms with E-state index in [4.69, 9.17) is 0 Å². The lowest BCUT2D eigenvalue weighted by atomic mass is 10.1. The molecule has 0 bridgehead atoms. The summed E-state index contributed by atoms with van der Waals surface area (Å²) in [7, 11) is 0. The molecule has 4 heteroatoms. The number of hydrogen-bond acceptors (Lipinski definition) is 3. The molecule has 1 saturated carbocycles. The van der Waals surface area contributed by atoms with E-state index in [0.29, 0.717) is 0 Å². The molecule has 2 aromatic rings. The summed E-state index contributed by atoms with van der Waals surface area (Å²) in [5.74, 6) is 1.08. The van der Waals surface area contributed by atoms with Crippen molar-refractivity contribution in [1.82, 2.24) is 4.98 Å². The van der Waals surface area contributed by atoms with Crippen molar-refractivity contribution in [3.8, 4) is 0 Å². The molecule has 1 heterocycles. The van der Waals surface area contributed by atoms with Crippen molar-refractivity contribution in [2.45, 2.75) is 26.7 Å². The maximum atomic E-state index is 11.7. The average Bonchev–Trinajstić information content (AvgIpc) is 3.30. The molecule has 2 N–H and O–H groups in total. The Labute approximate surface area is 124 Å². The van der Waals surface area contributed by atoms with Crippen molar-refractivity contribution in [3.05, 3.63) is 47.7 Å². The highest BCUT2D eigenvalue weighted by Gasteiger charge is 2.29. The van der Waals surface area contributed by atoms with Crippen LogP contribution in [0.15, 0.2) is 36.5 Å². The van der Waals surface area contributed by atoms with Gasteiger partial charge in [0, 0.05) is 11.6 Å². The summed E-state index contributed by atoms with van der Waals surface area (Å²) in [6, 6.07) is 9.96. The van der Waals surface area contributed by atoms with Crippen LogP contribution in [0.1, 0.15) is 24.0 Å². The third-order valence-corrected chi connectivity index (χ3v) is 3.76. The number of hydrogen-bond donors (Lipinski definition) is 2. The SMILES string of the molecule is Cc1ccc(Nc2ccc(NC(=O)C3CC3)cn2)cc1C. The molecule has 0 saturated heterocycles. The Morgan fingerprint density at radius 1 is 1.10 bits per heavy atom. The molecule has 21 heavy (non-hydrogen) atoms. The molecule has 1 amide bonds. The number of carbonyl (C=O) groups is 1. The number of anilines is 3. The molecule has 0 aliphatic heterocycles. The Bertz CT molecular complexity index is 660. The van der Waals surface area contributed by atoms with Gasteiger partial charge in [0.05, 0.1) is 11.9 Å². The van der Waals surface area contributed by atoms with Gasteiger partial charge in [-0.1, -0.05) is 6.07 Å². The minimum Gasteiger partial charge on any atom is -0.340 e. The number of benzene rings is 1. The fraction of sp³-hybridized carbons (Fsp3) is 0.294. The van der Waals surface area contributed by atoms with E-state index < -0.39 is 0 Å². The molecule has 0 atom stereocenters. The van der Waals surface area contributed by atoms with Crippen molar-refractivity contribution in [1.29, 1.82) is 0 Å². The van der Waals surface area contributed by atoms with Gasteiger partial charge in [0.15, 0.2) is 0 Å². The topological polar surface area (TPSA) is 54.0 Å². The molecule has 1 aromatic heterocycles. The number of nitrogens with zero attached hydrogens (tertiary/aromatic N) is 1. The summed E-state index contributed by atoms with van der Waals surface area (Å²) in [5.41, 5.74) is 4.28. The molecule has 0 spiro atoms. The first-order valence-electron chi connectivity index (χ1n) is 7.23. The quantitative estimate of drug-likeness (QED) is 0.896. The Morgan fingerprint density at radius 2 is 1.86 bits per heavy atom. The van der Waals surface area contributed by atoms with Gasteiger partial charge in [0.25, 0.3) is 0 Å². The summed E-state index contributed by atoms with van der Waals surface area (Å²) in [6.45, 7) is 4.18. The van der Waals surface area contributed by atoms with E-state index in [1.807, 2.05) is 18.2 Å². The van der Waals surface area contributed by atoms with Crippen LogP contribution in [0.25, 0.3) is 0 Å². The summed E-state index contributed by atoms with van der Waals surface area (Å²) in [6.07, 6.45) is 3.70. The number of pyridine rings is 1. The van der Waals surface area contributed by atoms with Crippen molar-refractivity contribution in [2.24, 2.45) is 5.92 Å². The largest absolute Gasteiger partial charge is 0.340 e. The highest BCUT2D eigenvalue weighted by molar-refractivity contribution is 5.93. The number of aryl methyl sites for hydroxylation is 2. The van der Waals surface area contributed by atoms with Crippen LogP contribution in [0.2, 0.25) is 0 Å². The third kappa shape index (κ3) is 3.40. The second-order valence-electron chi connectivity index (χ2n) is 5.62. The van der Waals surface area contributed by atoms with E-state index in [0.717, 1.165) is 30.0 Å². The molecule has 108 valence electrons. The smallest absolute Gasteiger partial charge is 0.227 e. The van der Waals surface area contributed by atoms with Crippen LogP contribution in [0.3, 0.4) is 0 Å². The first kappa shape index (κ1) is 13.6. The number of aromatic nitrogens is 1. The van der Waals surface area contributed by atoms with Gasteiger partial charge in [-0.05, 0) is 62.1 Å². The van der Waals surface area contributed by atoms with E-state index in [1.165, 1.54) is 11.1 Å². The summed E-state index contributed by atoms with van der Waals surface area (Å²) in [5, 5.41) is 6.15.